The molecule has 0 spiro atoms. The number of benzene rings is 1. The van der Waals surface area contributed by atoms with E-state index < -0.39 is 0 Å². The van der Waals surface area contributed by atoms with Crippen molar-refractivity contribution in [3.8, 4) is 0 Å². The Balaban J connectivity index is 2.60. The fourth-order valence-electron chi connectivity index (χ4n) is 1.54. The van der Waals surface area contributed by atoms with E-state index in [0.717, 1.165) is 6.42 Å². The van der Waals surface area contributed by atoms with Crippen molar-refractivity contribution in [1.82, 2.24) is 0 Å². The molecule has 0 atom stereocenters. The molecule has 0 aliphatic rings. The minimum atomic E-state index is 0.115. The predicted molar refractivity (Wildman–Crippen MR) is 67.5 cm³/mol. The number of aliphatic imine (C=N–C) groups is 1. The summed E-state index contributed by atoms with van der Waals surface area (Å²) in [7, 11) is 0. The zero-order chi connectivity index (χ0) is 11.1. The van der Waals surface area contributed by atoms with Gasteiger partial charge in [-0.2, -0.15) is 0 Å². The van der Waals surface area contributed by atoms with E-state index >= 15 is 0 Å². The molecule has 0 bridgehead atoms. The van der Waals surface area contributed by atoms with Gasteiger partial charge in [-0.25, -0.2) is 0 Å². The lowest BCUT2D eigenvalue weighted by molar-refractivity contribution is 0.532. The predicted octanol–water partition coefficient (Wildman–Crippen LogP) is 3.51. The zero-order valence-corrected chi connectivity index (χ0v) is 9.61. The normalized spacial score (nSPS) is 11.9. The van der Waals surface area contributed by atoms with Crippen LogP contribution in [0.5, 0.6) is 0 Å². The summed E-state index contributed by atoms with van der Waals surface area (Å²) < 4.78 is 0. The van der Waals surface area contributed by atoms with Crippen molar-refractivity contribution >= 4 is 6.21 Å². The Labute approximate surface area is 92.6 Å². The number of hydrogen-bond acceptors (Lipinski definition) is 1. The summed E-state index contributed by atoms with van der Waals surface area (Å²) in [5.74, 6) is 0. The first-order chi connectivity index (χ1) is 7.14. The molecule has 0 saturated heterocycles. The van der Waals surface area contributed by atoms with Crippen LogP contribution in [0.1, 0.15) is 19.4 Å². The van der Waals surface area contributed by atoms with E-state index in [1.54, 1.807) is 0 Å². The highest BCUT2D eigenvalue weighted by atomic mass is 14.7. The average molecular weight is 201 g/mol. The SMILES string of the molecule is C=CCN=CC(C)(C)Cc1ccccc1. The van der Waals surface area contributed by atoms with Crippen LogP contribution in [-0.2, 0) is 6.42 Å². The van der Waals surface area contributed by atoms with Crippen LogP contribution in [0.2, 0.25) is 0 Å². The Morgan fingerprint density at radius 1 is 1.27 bits per heavy atom. The smallest absolute Gasteiger partial charge is 0.0564 e. The first-order valence-electron chi connectivity index (χ1n) is 5.30. The third-order valence-electron chi connectivity index (χ3n) is 2.18. The second-order valence-corrected chi connectivity index (χ2v) is 4.43. The van der Waals surface area contributed by atoms with E-state index in [1.165, 1.54) is 5.56 Å². The van der Waals surface area contributed by atoms with Gasteiger partial charge in [0, 0.05) is 11.6 Å². The molecular formula is C14H19N. The zero-order valence-electron chi connectivity index (χ0n) is 9.61. The van der Waals surface area contributed by atoms with E-state index in [4.69, 9.17) is 0 Å². The second kappa shape index (κ2) is 5.50. The van der Waals surface area contributed by atoms with Gasteiger partial charge in [0.25, 0.3) is 0 Å². The molecular weight excluding hydrogens is 182 g/mol. The van der Waals surface area contributed by atoms with Crippen molar-refractivity contribution in [2.24, 2.45) is 10.4 Å². The van der Waals surface area contributed by atoms with E-state index in [0.29, 0.717) is 6.54 Å². The monoisotopic (exact) mass is 201 g/mol. The molecule has 0 aromatic heterocycles. The molecule has 0 amide bonds. The van der Waals surface area contributed by atoms with Crippen LogP contribution in [0.3, 0.4) is 0 Å². The summed E-state index contributed by atoms with van der Waals surface area (Å²) in [5, 5.41) is 0. The van der Waals surface area contributed by atoms with E-state index in [2.05, 4.69) is 49.7 Å². The van der Waals surface area contributed by atoms with Gasteiger partial charge >= 0.3 is 0 Å². The van der Waals surface area contributed by atoms with Crippen molar-refractivity contribution in [3.05, 3.63) is 48.6 Å². The molecule has 15 heavy (non-hydrogen) atoms. The molecule has 0 heterocycles. The van der Waals surface area contributed by atoms with Crippen molar-refractivity contribution < 1.29 is 0 Å². The third-order valence-corrected chi connectivity index (χ3v) is 2.18. The van der Waals surface area contributed by atoms with Crippen molar-refractivity contribution in [2.45, 2.75) is 20.3 Å². The van der Waals surface area contributed by atoms with Crippen molar-refractivity contribution in [2.75, 3.05) is 6.54 Å². The number of hydrogen-bond donors (Lipinski definition) is 0. The molecule has 80 valence electrons. The maximum Gasteiger partial charge on any atom is 0.0564 e. The summed E-state index contributed by atoms with van der Waals surface area (Å²) in [5.41, 5.74) is 1.47. The standard InChI is InChI=1S/C14H19N/c1-4-10-15-12-14(2,3)11-13-8-6-5-7-9-13/h4-9,12H,1,10-11H2,2-3H3. The molecule has 1 aromatic rings. The van der Waals surface area contributed by atoms with E-state index in [1.807, 2.05) is 18.4 Å². The fraction of sp³-hybridized carbons (Fsp3) is 0.357. The first-order valence-corrected chi connectivity index (χ1v) is 5.30. The van der Waals surface area contributed by atoms with Crippen LogP contribution >= 0.6 is 0 Å². The van der Waals surface area contributed by atoms with Crippen molar-refractivity contribution in [1.29, 1.82) is 0 Å². The highest BCUT2D eigenvalue weighted by Crippen LogP contribution is 2.19. The van der Waals surface area contributed by atoms with Crippen LogP contribution in [0, 0.1) is 5.41 Å². The van der Waals surface area contributed by atoms with Gasteiger partial charge in [-0.1, -0.05) is 50.3 Å². The van der Waals surface area contributed by atoms with Gasteiger partial charge in [-0.15, -0.1) is 6.58 Å². The average Bonchev–Trinajstić information content (AvgIpc) is 2.18. The van der Waals surface area contributed by atoms with E-state index in [-0.39, 0.29) is 5.41 Å². The minimum Gasteiger partial charge on any atom is -0.293 e. The Kier molecular flexibility index (Phi) is 4.29. The molecule has 0 fully saturated rings. The van der Waals surface area contributed by atoms with Gasteiger partial charge in [-0.05, 0) is 12.0 Å². The molecule has 0 N–H and O–H groups in total. The quantitative estimate of drug-likeness (QED) is 0.510. The third kappa shape index (κ3) is 4.59. The van der Waals surface area contributed by atoms with Crippen LogP contribution in [-0.4, -0.2) is 12.8 Å². The van der Waals surface area contributed by atoms with Gasteiger partial charge in [-0.3, -0.25) is 4.99 Å². The first kappa shape index (κ1) is 11.7. The number of nitrogens with zero attached hydrogens (tertiary/aromatic N) is 1. The number of rotatable bonds is 5. The highest BCUT2D eigenvalue weighted by molar-refractivity contribution is 5.65. The Morgan fingerprint density at radius 3 is 2.53 bits per heavy atom. The fourth-order valence-corrected chi connectivity index (χ4v) is 1.54. The topological polar surface area (TPSA) is 12.4 Å². The Hall–Kier alpha value is -1.37. The molecule has 0 saturated carbocycles. The van der Waals surface area contributed by atoms with Gasteiger partial charge in [0.05, 0.1) is 6.54 Å². The molecule has 0 aliphatic carbocycles. The summed E-state index contributed by atoms with van der Waals surface area (Å²) in [6.07, 6.45) is 4.87. The van der Waals surface area contributed by atoms with E-state index in [9.17, 15) is 0 Å². The lowest BCUT2D eigenvalue weighted by Crippen LogP contribution is -2.16. The maximum atomic E-state index is 4.31. The summed E-state index contributed by atoms with van der Waals surface area (Å²) in [6.45, 7) is 8.76. The molecule has 0 radical (unpaired) electrons. The van der Waals surface area contributed by atoms with Crippen LogP contribution in [0.15, 0.2) is 48.0 Å². The second-order valence-electron chi connectivity index (χ2n) is 4.43. The highest BCUT2D eigenvalue weighted by Gasteiger charge is 2.14. The molecule has 1 rings (SSSR count). The van der Waals surface area contributed by atoms with Crippen LogP contribution < -0.4 is 0 Å². The maximum absolute atomic E-state index is 4.31. The molecule has 1 aromatic carbocycles. The van der Waals surface area contributed by atoms with Crippen LogP contribution in [0.4, 0.5) is 0 Å². The summed E-state index contributed by atoms with van der Waals surface area (Å²) in [4.78, 5) is 4.31. The van der Waals surface area contributed by atoms with Crippen molar-refractivity contribution in [3.63, 3.8) is 0 Å². The largest absolute Gasteiger partial charge is 0.293 e. The minimum absolute atomic E-state index is 0.115. The molecule has 0 unspecified atom stereocenters. The summed E-state index contributed by atoms with van der Waals surface area (Å²) in [6, 6.07) is 10.5. The van der Waals surface area contributed by atoms with Gasteiger partial charge in [0.1, 0.15) is 0 Å². The molecule has 0 aliphatic heterocycles. The van der Waals surface area contributed by atoms with Gasteiger partial charge < -0.3 is 0 Å². The van der Waals surface area contributed by atoms with Crippen LogP contribution in [0.25, 0.3) is 0 Å². The Morgan fingerprint density at radius 2 is 1.93 bits per heavy atom. The van der Waals surface area contributed by atoms with Gasteiger partial charge in [0.2, 0.25) is 0 Å². The van der Waals surface area contributed by atoms with Gasteiger partial charge in [0.15, 0.2) is 0 Å². The Bertz CT molecular complexity index is 322. The lowest BCUT2D eigenvalue weighted by atomic mass is 9.87. The molecule has 1 heteroatoms. The lowest BCUT2D eigenvalue weighted by Gasteiger charge is -2.19. The molecule has 1 nitrogen and oxygen atoms in total. The summed E-state index contributed by atoms with van der Waals surface area (Å²) >= 11 is 0.